The Morgan fingerprint density at radius 3 is 2.00 bits per heavy atom. The largest absolute Gasteiger partial charge is 0.466 e. The maximum Gasteiger partial charge on any atom is 0.306 e. The summed E-state index contributed by atoms with van der Waals surface area (Å²) in [6, 6.07) is 7.74. The molecule has 0 spiro atoms. The number of hydrogen-bond donors (Lipinski definition) is 1. The fourth-order valence-electron chi connectivity index (χ4n) is 3.28. The zero-order valence-corrected chi connectivity index (χ0v) is 17.1. The molecule has 29 heavy (non-hydrogen) atoms. The highest BCUT2D eigenvalue weighted by Gasteiger charge is 2.15. The van der Waals surface area contributed by atoms with E-state index in [9.17, 15) is 14.7 Å². The van der Waals surface area contributed by atoms with Gasteiger partial charge in [-0.1, -0.05) is 18.2 Å². The highest BCUT2D eigenvalue weighted by Crippen LogP contribution is 2.24. The van der Waals surface area contributed by atoms with Crippen molar-refractivity contribution in [3.05, 3.63) is 64.5 Å². The summed E-state index contributed by atoms with van der Waals surface area (Å²) >= 11 is 0. The van der Waals surface area contributed by atoms with Gasteiger partial charge in [-0.2, -0.15) is 0 Å². The highest BCUT2D eigenvalue weighted by molar-refractivity contribution is 5.70. The molecule has 0 aliphatic carbocycles. The van der Waals surface area contributed by atoms with E-state index in [0.717, 1.165) is 27.8 Å². The van der Waals surface area contributed by atoms with Gasteiger partial charge in [-0.25, -0.2) is 0 Å². The van der Waals surface area contributed by atoms with Crippen LogP contribution in [0.25, 0.3) is 0 Å². The number of ether oxygens (including phenoxy) is 2. The number of carbonyl (C=O) groups is 2. The van der Waals surface area contributed by atoms with Crippen LogP contribution in [-0.4, -0.2) is 35.2 Å². The quantitative estimate of drug-likeness (QED) is 0.584. The molecule has 1 N–H and O–H groups in total. The Labute approximate surface area is 171 Å². The molecule has 2 rings (SSSR count). The van der Waals surface area contributed by atoms with E-state index >= 15 is 0 Å². The Hall–Kier alpha value is -2.73. The first-order valence-corrected chi connectivity index (χ1v) is 10.0. The first-order chi connectivity index (χ1) is 14.1. The van der Waals surface area contributed by atoms with Crippen LogP contribution in [0.5, 0.6) is 0 Å². The molecule has 156 valence electrons. The molecule has 0 saturated heterocycles. The van der Waals surface area contributed by atoms with Gasteiger partial charge in [0, 0.05) is 25.2 Å². The molecule has 0 atom stereocenters. The molecule has 0 unspecified atom stereocenters. The molecule has 0 fully saturated rings. The van der Waals surface area contributed by atoms with Crippen molar-refractivity contribution in [1.82, 2.24) is 4.98 Å². The minimum atomic E-state index is -0.248. The predicted molar refractivity (Wildman–Crippen MR) is 109 cm³/mol. The van der Waals surface area contributed by atoms with Gasteiger partial charge in [-0.15, -0.1) is 0 Å². The van der Waals surface area contributed by atoms with E-state index in [4.69, 9.17) is 9.47 Å². The van der Waals surface area contributed by atoms with Gasteiger partial charge in [0.1, 0.15) is 0 Å². The number of pyridine rings is 1. The van der Waals surface area contributed by atoms with Crippen molar-refractivity contribution in [2.24, 2.45) is 0 Å². The molecule has 0 saturated carbocycles. The fraction of sp³-hybridized carbons (Fsp3) is 0.435. The van der Waals surface area contributed by atoms with E-state index in [-0.39, 0.29) is 31.4 Å². The molecule has 0 amide bonds. The van der Waals surface area contributed by atoms with Crippen LogP contribution in [0.3, 0.4) is 0 Å². The number of hydrogen-bond acceptors (Lipinski definition) is 6. The number of carbonyl (C=O) groups excluding carboxylic acids is 2. The van der Waals surface area contributed by atoms with Crippen LogP contribution in [-0.2, 0) is 44.9 Å². The average Bonchev–Trinajstić information content (AvgIpc) is 2.73. The Morgan fingerprint density at radius 1 is 0.966 bits per heavy atom. The lowest BCUT2D eigenvalue weighted by molar-refractivity contribution is -0.143. The van der Waals surface area contributed by atoms with Crippen molar-refractivity contribution in [3.8, 4) is 0 Å². The minimum Gasteiger partial charge on any atom is -0.466 e. The van der Waals surface area contributed by atoms with Crippen LogP contribution in [0.1, 0.15) is 54.5 Å². The van der Waals surface area contributed by atoms with Crippen LogP contribution < -0.4 is 0 Å². The summed E-state index contributed by atoms with van der Waals surface area (Å²) in [4.78, 5) is 27.9. The summed E-state index contributed by atoms with van der Waals surface area (Å²) in [6.45, 7) is 4.16. The van der Waals surface area contributed by atoms with E-state index < -0.39 is 0 Å². The van der Waals surface area contributed by atoms with Crippen molar-refractivity contribution in [3.63, 3.8) is 0 Å². The molecule has 6 nitrogen and oxygen atoms in total. The molecule has 2 aromatic rings. The average molecular weight is 399 g/mol. The molecule has 0 radical (unpaired) electrons. The van der Waals surface area contributed by atoms with Crippen LogP contribution in [0.2, 0.25) is 0 Å². The monoisotopic (exact) mass is 399 g/mol. The lowest BCUT2D eigenvalue weighted by Crippen LogP contribution is -2.11. The van der Waals surface area contributed by atoms with Gasteiger partial charge in [0.25, 0.3) is 0 Å². The van der Waals surface area contributed by atoms with Crippen LogP contribution in [0, 0.1) is 0 Å². The Kier molecular flexibility index (Phi) is 9.31. The van der Waals surface area contributed by atoms with Crippen molar-refractivity contribution in [1.29, 1.82) is 0 Å². The Balaban J connectivity index is 2.35. The van der Waals surface area contributed by atoms with Crippen LogP contribution >= 0.6 is 0 Å². The highest BCUT2D eigenvalue weighted by atomic mass is 16.5. The SMILES string of the molecule is CCOC(=O)CCc1cc(CO)cc(CCC(=O)OCC)c1Cc1cccnc1. The van der Waals surface area contributed by atoms with Gasteiger partial charge in [0.2, 0.25) is 0 Å². The van der Waals surface area contributed by atoms with Gasteiger partial charge in [-0.05, 0) is 67.0 Å². The van der Waals surface area contributed by atoms with Crippen LogP contribution in [0.4, 0.5) is 0 Å². The number of benzene rings is 1. The number of aliphatic hydroxyl groups excluding tert-OH is 1. The summed E-state index contributed by atoms with van der Waals surface area (Å²) in [5.74, 6) is -0.496. The van der Waals surface area contributed by atoms with Gasteiger partial charge >= 0.3 is 11.9 Å². The van der Waals surface area contributed by atoms with E-state index in [1.165, 1.54) is 0 Å². The minimum absolute atomic E-state index is 0.105. The molecule has 1 heterocycles. The summed E-state index contributed by atoms with van der Waals surface area (Å²) in [5.41, 5.74) is 4.82. The van der Waals surface area contributed by atoms with E-state index in [0.29, 0.717) is 32.5 Å². The van der Waals surface area contributed by atoms with E-state index in [2.05, 4.69) is 4.98 Å². The zero-order chi connectivity index (χ0) is 21.1. The third kappa shape index (κ3) is 7.31. The second kappa shape index (κ2) is 12.0. The van der Waals surface area contributed by atoms with Gasteiger partial charge in [0.15, 0.2) is 0 Å². The second-order valence-electron chi connectivity index (χ2n) is 6.70. The molecule has 0 aliphatic heterocycles. The molecule has 1 aromatic carbocycles. The second-order valence-corrected chi connectivity index (χ2v) is 6.70. The number of esters is 2. The summed E-state index contributed by atoms with van der Waals surface area (Å²) in [5, 5.41) is 9.70. The zero-order valence-electron chi connectivity index (χ0n) is 17.1. The number of nitrogens with zero attached hydrogens (tertiary/aromatic N) is 1. The molecule has 0 bridgehead atoms. The lowest BCUT2D eigenvalue weighted by Gasteiger charge is -2.17. The van der Waals surface area contributed by atoms with Crippen molar-refractivity contribution in [2.45, 2.75) is 52.6 Å². The Morgan fingerprint density at radius 2 is 1.55 bits per heavy atom. The van der Waals surface area contributed by atoms with Crippen molar-refractivity contribution >= 4 is 11.9 Å². The van der Waals surface area contributed by atoms with Gasteiger partial charge in [0.05, 0.1) is 19.8 Å². The maximum absolute atomic E-state index is 11.9. The maximum atomic E-state index is 11.9. The first kappa shape index (κ1) is 22.6. The van der Waals surface area contributed by atoms with E-state index in [1.807, 2.05) is 30.5 Å². The molecule has 1 aromatic heterocycles. The predicted octanol–water partition coefficient (Wildman–Crippen LogP) is 3.16. The fourth-order valence-corrected chi connectivity index (χ4v) is 3.28. The number of aryl methyl sites for hydroxylation is 2. The van der Waals surface area contributed by atoms with Crippen molar-refractivity contribution in [2.75, 3.05) is 13.2 Å². The van der Waals surface area contributed by atoms with Crippen LogP contribution in [0.15, 0.2) is 36.7 Å². The van der Waals surface area contributed by atoms with E-state index in [1.54, 1.807) is 20.0 Å². The molecule has 0 aliphatic rings. The number of aromatic nitrogens is 1. The number of rotatable bonds is 11. The lowest BCUT2D eigenvalue weighted by atomic mass is 9.89. The normalized spacial score (nSPS) is 10.6. The van der Waals surface area contributed by atoms with Gasteiger partial charge < -0.3 is 14.6 Å². The third-order valence-electron chi connectivity index (χ3n) is 4.59. The topological polar surface area (TPSA) is 85.7 Å². The summed E-state index contributed by atoms with van der Waals surface area (Å²) in [6.07, 6.45) is 5.71. The first-order valence-electron chi connectivity index (χ1n) is 10.0. The van der Waals surface area contributed by atoms with Gasteiger partial charge in [-0.3, -0.25) is 14.6 Å². The molecular weight excluding hydrogens is 370 g/mol. The molecule has 6 heteroatoms. The smallest absolute Gasteiger partial charge is 0.306 e. The van der Waals surface area contributed by atoms with Crippen molar-refractivity contribution < 1.29 is 24.2 Å². The summed E-state index contributed by atoms with van der Waals surface area (Å²) in [7, 11) is 0. The Bertz CT molecular complexity index is 761. The number of aliphatic hydroxyl groups is 1. The molecular formula is C23H29NO5. The third-order valence-corrected chi connectivity index (χ3v) is 4.59. The summed E-state index contributed by atoms with van der Waals surface area (Å²) < 4.78 is 10.1. The standard InChI is InChI=1S/C23H29NO5/c1-3-28-22(26)9-7-19-12-18(16-25)13-20(8-10-23(27)29-4-2)21(19)14-17-6-5-11-24-15-17/h5-6,11-13,15,25H,3-4,7-10,14,16H2,1-2H3.